The summed E-state index contributed by atoms with van der Waals surface area (Å²) in [4.78, 5) is 0. The molecule has 0 bridgehead atoms. The first-order chi connectivity index (χ1) is 22.4. The van der Waals surface area contributed by atoms with Crippen LogP contribution in [0, 0.1) is 0 Å². The van der Waals surface area contributed by atoms with Gasteiger partial charge >= 0.3 is 0 Å². The summed E-state index contributed by atoms with van der Waals surface area (Å²) in [5.74, 6) is 0. The van der Waals surface area contributed by atoms with Crippen LogP contribution in [0.1, 0.15) is 0 Å². The van der Waals surface area contributed by atoms with Crippen molar-refractivity contribution in [2.75, 3.05) is 0 Å². The summed E-state index contributed by atoms with van der Waals surface area (Å²) >= 11 is 0. The van der Waals surface area contributed by atoms with E-state index >= 15 is 0 Å². The van der Waals surface area contributed by atoms with Gasteiger partial charge in [0.25, 0.3) is 0 Å². The molecule has 0 aliphatic heterocycles. The number of aromatic nitrogens is 3. The summed E-state index contributed by atoms with van der Waals surface area (Å²) in [7, 11) is 0. The Morgan fingerprint density at radius 2 is 0.600 bits per heavy atom. The van der Waals surface area contributed by atoms with Crippen LogP contribution < -0.4 is 0 Å². The molecule has 0 radical (unpaired) electrons. The Morgan fingerprint density at radius 1 is 0.244 bits per heavy atom. The molecule has 0 aliphatic carbocycles. The van der Waals surface area contributed by atoms with Crippen LogP contribution in [0.2, 0.25) is 0 Å². The number of rotatable bonds is 3. The molecule has 0 unspecified atom stereocenters. The molecule has 3 aromatic heterocycles. The van der Waals surface area contributed by atoms with Crippen LogP contribution in [-0.4, -0.2) is 13.7 Å². The molecule has 3 heterocycles. The van der Waals surface area contributed by atoms with Crippen molar-refractivity contribution >= 4 is 65.4 Å². The topological polar surface area (TPSA) is 14.8 Å². The van der Waals surface area contributed by atoms with E-state index in [1.165, 1.54) is 71.1 Å². The molecule has 210 valence electrons. The summed E-state index contributed by atoms with van der Waals surface area (Å²) < 4.78 is 7.24. The Balaban J connectivity index is 1.30. The molecule has 0 aliphatic rings. The standard InChI is InChI=1S/C42H27N3/c1-2-13-28(14-3-1)43-37-23-10-6-19-33(37)41-39(43)25-26-40-42(41)34-20-7-11-24-38(34)45(40)30-16-12-15-29(27-30)44-35-21-8-4-17-31(35)32-18-5-9-22-36(32)44/h1-27H. The second kappa shape index (κ2) is 9.22. The SMILES string of the molecule is c1ccc(-n2c3ccccc3c3c4c5ccccc5n(-c5cccc(-n6c7ccccc7c7ccccc76)c5)c4ccc32)cc1. The lowest BCUT2D eigenvalue weighted by molar-refractivity contribution is 1.13. The fourth-order valence-corrected chi connectivity index (χ4v) is 7.62. The Bertz CT molecular complexity index is 2700. The van der Waals surface area contributed by atoms with Crippen molar-refractivity contribution in [2.45, 2.75) is 0 Å². The fourth-order valence-electron chi connectivity index (χ4n) is 7.62. The van der Waals surface area contributed by atoms with Crippen molar-refractivity contribution in [1.82, 2.24) is 13.7 Å². The number of para-hydroxylation sites is 5. The van der Waals surface area contributed by atoms with Crippen LogP contribution in [0.5, 0.6) is 0 Å². The van der Waals surface area contributed by atoms with Gasteiger partial charge < -0.3 is 13.7 Å². The van der Waals surface area contributed by atoms with E-state index in [1.807, 2.05) is 0 Å². The van der Waals surface area contributed by atoms with Gasteiger partial charge in [0.2, 0.25) is 0 Å². The third kappa shape index (κ3) is 3.35. The first kappa shape index (κ1) is 24.4. The van der Waals surface area contributed by atoms with Crippen LogP contribution in [0.3, 0.4) is 0 Å². The summed E-state index contributed by atoms with van der Waals surface area (Å²) in [6, 6.07) is 59.4. The van der Waals surface area contributed by atoms with Crippen LogP contribution in [-0.2, 0) is 0 Å². The third-order valence-electron chi connectivity index (χ3n) is 9.41. The fraction of sp³-hybridized carbons (Fsp3) is 0. The molecule has 0 saturated heterocycles. The smallest absolute Gasteiger partial charge is 0.0548 e. The van der Waals surface area contributed by atoms with E-state index in [-0.39, 0.29) is 0 Å². The monoisotopic (exact) mass is 573 g/mol. The second-order valence-corrected chi connectivity index (χ2v) is 11.8. The molecule has 0 N–H and O–H groups in total. The number of benzene rings is 7. The molecule has 0 amide bonds. The maximum atomic E-state index is 2.44. The highest BCUT2D eigenvalue weighted by Crippen LogP contribution is 2.42. The van der Waals surface area contributed by atoms with Crippen molar-refractivity contribution in [3.63, 3.8) is 0 Å². The molecule has 10 aromatic rings. The Labute approximate surface area is 259 Å². The van der Waals surface area contributed by atoms with Gasteiger partial charge in [-0.2, -0.15) is 0 Å². The normalized spacial score (nSPS) is 12.0. The average Bonchev–Trinajstić information content (AvgIpc) is 3.74. The van der Waals surface area contributed by atoms with Gasteiger partial charge in [0.1, 0.15) is 0 Å². The minimum atomic E-state index is 1.15. The van der Waals surface area contributed by atoms with Gasteiger partial charge in [-0.05, 0) is 66.7 Å². The Kier molecular flexibility index (Phi) is 5.00. The van der Waals surface area contributed by atoms with Crippen molar-refractivity contribution in [1.29, 1.82) is 0 Å². The van der Waals surface area contributed by atoms with Crippen molar-refractivity contribution in [3.8, 4) is 17.1 Å². The molecule has 45 heavy (non-hydrogen) atoms. The summed E-state index contributed by atoms with van der Waals surface area (Å²) in [5.41, 5.74) is 10.8. The largest absolute Gasteiger partial charge is 0.309 e. The van der Waals surface area contributed by atoms with Gasteiger partial charge in [-0.3, -0.25) is 0 Å². The minimum absolute atomic E-state index is 1.15. The minimum Gasteiger partial charge on any atom is -0.309 e. The molecule has 7 aromatic carbocycles. The van der Waals surface area contributed by atoms with Crippen LogP contribution in [0.25, 0.3) is 82.5 Å². The van der Waals surface area contributed by atoms with E-state index in [0.717, 1.165) is 11.4 Å². The van der Waals surface area contributed by atoms with Gasteiger partial charge in [-0.25, -0.2) is 0 Å². The van der Waals surface area contributed by atoms with E-state index in [0.29, 0.717) is 0 Å². The zero-order valence-corrected chi connectivity index (χ0v) is 24.4. The zero-order valence-electron chi connectivity index (χ0n) is 24.4. The van der Waals surface area contributed by atoms with E-state index in [4.69, 9.17) is 0 Å². The summed E-state index contributed by atoms with van der Waals surface area (Å²) in [6.45, 7) is 0. The molecular weight excluding hydrogens is 546 g/mol. The molecule has 10 rings (SSSR count). The lowest BCUT2D eigenvalue weighted by Gasteiger charge is -2.13. The van der Waals surface area contributed by atoms with E-state index in [9.17, 15) is 0 Å². The maximum absolute atomic E-state index is 2.44. The van der Waals surface area contributed by atoms with Crippen molar-refractivity contribution in [3.05, 3.63) is 164 Å². The van der Waals surface area contributed by atoms with Crippen LogP contribution >= 0.6 is 0 Å². The lowest BCUT2D eigenvalue weighted by atomic mass is 10.1. The van der Waals surface area contributed by atoms with Gasteiger partial charge in [-0.1, -0.05) is 97.1 Å². The Morgan fingerprint density at radius 3 is 1.11 bits per heavy atom. The van der Waals surface area contributed by atoms with Crippen LogP contribution in [0.4, 0.5) is 0 Å². The number of nitrogens with zero attached hydrogens (tertiary/aromatic N) is 3. The maximum Gasteiger partial charge on any atom is 0.0548 e. The molecule has 0 atom stereocenters. The van der Waals surface area contributed by atoms with E-state index in [2.05, 4.69) is 177 Å². The first-order valence-electron chi connectivity index (χ1n) is 15.5. The predicted octanol–water partition coefficient (Wildman–Crippen LogP) is 11.0. The summed E-state index contributed by atoms with van der Waals surface area (Å²) in [6.07, 6.45) is 0. The van der Waals surface area contributed by atoms with Crippen LogP contribution in [0.15, 0.2) is 164 Å². The van der Waals surface area contributed by atoms with Gasteiger partial charge in [0.15, 0.2) is 0 Å². The van der Waals surface area contributed by atoms with Crippen molar-refractivity contribution < 1.29 is 0 Å². The molecule has 0 spiro atoms. The lowest BCUT2D eigenvalue weighted by Crippen LogP contribution is -1.98. The highest BCUT2D eigenvalue weighted by molar-refractivity contribution is 6.28. The van der Waals surface area contributed by atoms with E-state index < -0.39 is 0 Å². The van der Waals surface area contributed by atoms with Crippen molar-refractivity contribution in [2.24, 2.45) is 0 Å². The molecule has 0 fully saturated rings. The number of hydrogen-bond donors (Lipinski definition) is 0. The molecule has 3 nitrogen and oxygen atoms in total. The third-order valence-corrected chi connectivity index (χ3v) is 9.41. The van der Waals surface area contributed by atoms with Gasteiger partial charge in [0, 0.05) is 49.4 Å². The highest BCUT2D eigenvalue weighted by atomic mass is 15.0. The number of hydrogen-bond acceptors (Lipinski definition) is 0. The Hall–Kier alpha value is -6.06. The molecule has 3 heteroatoms. The summed E-state index contributed by atoms with van der Waals surface area (Å²) in [5, 5.41) is 7.65. The second-order valence-electron chi connectivity index (χ2n) is 11.8. The quantitative estimate of drug-likeness (QED) is 0.200. The van der Waals surface area contributed by atoms with Gasteiger partial charge in [0.05, 0.1) is 33.1 Å². The first-order valence-corrected chi connectivity index (χ1v) is 15.5. The number of fused-ring (bicyclic) bond motifs is 10. The highest BCUT2D eigenvalue weighted by Gasteiger charge is 2.20. The van der Waals surface area contributed by atoms with E-state index in [1.54, 1.807) is 0 Å². The zero-order chi connectivity index (χ0) is 29.5. The molecular formula is C42H27N3. The molecule has 0 saturated carbocycles. The average molecular weight is 574 g/mol. The van der Waals surface area contributed by atoms with Gasteiger partial charge in [-0.15, -0.1) is 0 Å². The predicted molar refractivity (Wildman–Crippen MR) is 189 cm³/mol.